The van der Waals surface area contributed by atoms with Gasteiger partial charge in [0.15, 0.2) is 5.82 Å². The molecule has 7 rings (SSSR count). The van der Waals surface area contributed by atoms with E-state index in [2.05, 4.69) is 48.7 Å². The highest BCUT2D eigenvalue weighted by Crippen LogP contribution is 2.33. The smallest absolute Gasteiger partial charge is 0.159 e. The first-order valence-corrected chi connectivity index (χ1v) is 11.1. The van der Waals surface area contributed by atoms with Crippen LogP contribution in [0.15, 0.2) is 73.2 Å². The zero-order valence-electron chi connectivity index (χ0n) is 18.0. The first kappa shape index (κ1) is 18.8. The SMILES string of the molecule is c1cc2cc(c1)-c1cccc3[nH]c(nc13)-c1n[nH]c3cnc(cc13)-c1cncc(c1)NCCO2. The van der Waals surface area contributed by atoms with E-state index in [-0.39, 0.29) is 0 Å². The summed E-state index contributed by atoms with van der Waals surface area (Å²) in [7, 11) is 0. The number of rotatable bonds is 0. The summed E-state index contributed by atoms with van der Waals surface area (Å²) < 4.78 is 6.02. The van der Waals surface area contributed by atoms with Crippen molar-refractivity contribution in [2.45, 2.75) is 0 Å². The highest BCUT2D eigenvalue weighted by Gasteiger charge is 2.17. The van der Waals surface area contributed by atoms with Crippen molar-refractivity contribution in [3.05, 3.63) is 73.2 Å². The second-order valence-corrected chi connectivity index (χ2v) is 8.24. The molecule has 0 amide bonds. The van der Waals surface area contributed by atoms with Crippen molar-refractivity contribution < 1.29 is 4.74 Å². The molecule has 0 fully saturated rings. The predicted octanol–water partition coefficient (Wildman–Crippen LogP) is 5.03. The monoisotopic (exact) mass is 445 g/mol. The second kappa shape index (κ2) is 7.41. The van der Waals surface area contributed by atoms with Crippen LogP contribution in [0.2, 0.25) is 0 Å². The number of benzene rings is 2. The van der Waals surface area contributed by atoms with E-state index in [1.165, 1.54) is 0 Å². The molecule has 8 bridgehead atoms. The van der Waals surface area contributed by atoms with Crippen molar-refractivity contribution in [1.82, 2.24) is 30.1 Å². The van der Waals surface area contributed by atoms with E-state index in [1.807, 2.05) is 42.6 Å². The van der Waals surface area contributed by atoms with Crippen molar-refractivity contribution in [3.63, 3.8) is 0 Å². The van der Waals surface area contributed by atoms with Crippen LogP contribution in [0, 0.1) is 0 Å². The number of H-pyrrole nitrogens is 2. The summed E-state index contributed by atoms with van der Waals surface area (Å²) in [5.41, 5.74) is 8.16. The van der Waals surface area contributed by atoms with Gasteiger partial charge in [0.2, 0.25) is 0 Å². The Hall–Kier alpha value is -4.72. The Bertz CT molecular complexity index is 1680. The van der Waals surface area contributed by atoms with Gasteiger partial charge in [-0.1, -0.05) is 24.3 Å². The van der Waals surface area contributed by atoms with Crippen molar-refractivity contribution >= 4 is 27.6 Å². The number of aromatic amines is 2. The number of nitrogens with zero attached hydrogens (tertiary/aromatic N) is 4. The van der Waals surface area contributed by atoms with Crippen LogP contribution >= 0.6 is 0 Å². The van der Waals surface area contributed by atoms with E-state index >= 15 is 0 Å². The Morgan fingerprint density at radius 1 is 0.882 bits per heavy atom. The third-order valence-electron chi connectivity index (χ3n) is 6.06. The second-order valence-electron chi connectivity index (χ2n) is 8.24. The Morgan fingerprint density at radius 2 is 1.85 bits per heavy atom. The number of imidazole rings is 1. The molecular weight excluding hydrogens is 426 g/mol. The van der Waals surface area contributed by atoms with Gasteiger partial charge in [-0.05, 0) is 35.9 Å². The lowest BCUT2D eigenvalue weighted by Crippen LogP contribution is -2.11. The molecule has 6 aromatic rings. The van der Waals surface area contributed by atoms with E-state index < -0.39 is 0 Å². The molecular formula is C26H19N7O. The largest absolute Gasteiger partial charge is 0.492 e. The lowest BCUT2D eigenvalue weighted by atomic mass is 10.0. The van der Waals surface area contributed by atoms with Crippen molar-refractivity contribution in [2.24, 2.45) is 0 Å². The number of ether oxygens (including phenoxy) is 1. The normalized spacial score (nSPS) is 12.9. The number of aromatic nitrogens is 6. The van der Waals surface area contributed by atoms with Gasteiger partial charge in [0, 0.05) is 35.5 Å². The van der Waals surface area contributed by atoms with Gasteiger partial charge in [0.25, 0.3) is 0 Å². The Labute approximate surface area is 194 Å². The molecule has 0 spiro atoms. The van der Waals surface area contributed by atoms with Crippen LogP contribution in [0.3, 0.4) is 0 Å². The van der Waals surface area contributed by atoms with Crippen molar-refractivity contribution in [3.8, 4) is 39.7 Å². The van der Waals surface area contributed by atoms with E-state index in [0.29, 0.717) is 19.0 Å². The Morgan fingerprint density at radius 3 is 2.85 bits per heavy atom. The van der Waals surface area contributed by atoms with E-state index in [9.17, 15) is 0 Å². The summed E-state index contributed by atoms with van der Waals surface area (Å²) in [6.07, 6.45) is 5.41. The molecule has 0 unspecified atom stereocenters. The molecule has 0 radical (unpaired) electrons. The summed E-state index contributed by atoms with van der Waals surface area (Å²) in [5, 5.41) is 12.0. The molecule has 3 N–H and O–H groups in total. The van der Waals surface area contributed by atoms with Gasteiger partial charge in [-0.15, -0.1) is 0 Å². The molecule has 0 aliphatic carbocycles. The third-order valence-corrected chi connectivity index (χ3v) is 6.06. The van der Waals surface area contributed by atoms with Gasteiger partial charge >= 0.3 is 0 Å². The summed E-state index contributed by atoms with van der Waals surface area (Å²) in [6, 6.07) is 18.3. The highest BCUT2D eigenvalue weighted by molar-refractivity contribution is 5.98. The van der Waals surface area contributed by atoms with Crippen LogP contribution in [-0.2, 0) is 0 Å². The summed E-state index contributed by atoms with van der Waals surface area (Å²) in [5.74, 6) is 1.51. The summed E-state index contributed by atoms with van der Waals surface area (Å²) in [6.45, 7) is 1.17. The number of hydrogen-bond acceptors (Lipinski definition) is 6. The zero-order chi connectivity index (χ0) is 22.5. The van der Waals surface area contributed by atoms with Gasteiger partial charge in [-0.25, -0.2) is 4.98 Å². The van der Waals surface area contributed by atoms with Gasteiger partial charge in [-0.3, -0.25) is 15.1 Å². The molecule has 5 heterocycles. The number of nitrogens with one attached hydrogen (secondary N) is 3. The van der Waals surface area contributed by atoms with Gasteiger partial charge < -0.3 is 15.0 Å². The fraction of sp³-hybridized carbons (Fsp3) is 0.0769. The molecule has 34 heavy (non-hydrogen) atoms. The minimum absolute atomic E-state index is 0.521. The summed E-state index contributed by atoms with van der Waals surface area (Å²) >= 11 is 0. The topological polar surface area (TPSA) is 104 Å². The number of pyridine rings is 2. The molecule has 1 aliphatic heterocycles. The first-order chi connectivity index (χ1) is 16.8. The van der Waals surface area contributed by atoms with E-state index in [1.54, 1.807) is 12.4 Å². The van der Waals surface area contributed by atoms with Gasteiger partial charge in [0.1, 0.15) is 18.1 Å². The van der Waals surface area contributed by atoms with E-state index in [4.69, 9.17) is 9.72 Å². The number of para-hydroxylation sites is 1. The standard InChI is InChI=1S/C26H19N7O/c1-3-15-10-18(4-1)34-8-7-28-17-9-16(12-27-13-17)22-11-20-23(14-29-22)32-33-25(20)26-30-21-6-2-5-19(15)24(21)31-26/h1-6,9-14,28H,7-8H2,(H,30,31)(H,32,33). The summed E-state index contributed by atoms with van der Waals surface area (Å²) in [4.78, 5) is 17.4. The fourth-order valence-corrected chi connectivity index (χ4v) is 4.43. The molecule has 164 valence electrons. The highest BCUT2D eigenvalue weighted by atomic mass is 16.5. The molecule has 8 heteroatoms. The van der Waals surface area contributed by atoms with Gasteiger partial charge in [-0.2, -0.15) is 5.10 Å². The molecule has 4 aromatic heterocycles. The van der Waals surface area contributed by atoms with Crippen LogP contribution in [0.1, 0.15) is 0 Å². The lowest BCUT2D eigenvalue weighted by molar-refractivity contribution is 0.333. The van der Waals surface area contributed by atoms with Crippen molar-refractivity contribution in [1.29, 1.82) is 0 Å². The fourth-order valence-electron chi connectivity index (χ4n) is 4.43. The minimum atomic E-state index is 0.521. The van der Waals surface area contributed by atoms with Crippen molar-refractivity contribution in [2.75, 3.05) is 18.5 Å². The maximum Gasteiger partial charge on any atom is 0.159 e. The maximum atomic E-state index is 6.02. The average molecular weight is 445 g/mol. The molecule has 0 saturated carbocycles. The maximum absolute atomic E-state index is 6.02. The third kappa shape index (κ3) is 3.07. The lowest BCUT2D eigenvalue weighted by Gasteiger charge is -2.11. The van der Waals surface area contributed by atoms with Crippen LogP contribution in [-0.4, -0.2) is 43.3 Å². The van der Waals surface area contributed by atoms with E-state index in [0.717, 1.165) is 61.5 Å². The number of anilines is 1. The average Bonchev–Trinajstić information content (AvgIpc) is 3.50. The number of fused-ring (bicyclic) bond motifs is 9. The molecule has 1 aliphatic rings. The Kier molecular flexibility index (Phi) is 4.10. The quantitative estimate of drug-likeness (QED) is 0.303. The molecule has 0 saturated heterocycles. The molecule has 0 atom stereocenters. The zero-order valence-corrected chi connectivity index (χ0v) is 18.0. The Balaban J connectivity index is 1.47. The van der Waals surface area contributed by atoms with Gasteiger partial charge in [0.05, 0.1) is 34.1 Å². The van der Waals surface area contributed by atoms with Crippen LogP contribution < -0.4 is 10.1 Å². The van der Waals surface area contributed by atoms with Crippen LogP contribution in [0.5, 0.6) is 5.75 Å². The minimum Gasteiger partial charge on any atom is -0.492 e. The number of hydrogen-bond donors (Lipinski definition) is 3. The van der Waals surface area contributed by atoms with Crippen LogP contribution in [0.4, 0.5) is 5.69 Å². The molecule has 2 aromatic carbocycles. The predicted molar refractivity (Wildman–Crippen MR) is 132 cm³/mol. The van der Waals surface area contributed by atoms with Crippen LogP contribution in [0.25, 0.3) is 55.8 Å². The molecule has 8 nitrogen and oxygen atoms in total. The first-order valence-electron chi connectivity index (χ1n) is 11.1.